The van der Waals surface area contributed by atoms with Crippen molar-refractivity contribution in [1.82, 2.24) is 0 Å². The first-order valence-electron chi connectivity index (χ1n) is 4.50. The SMILES string of the molecule is Cc1ccc(C#CCCN)cc1C. The third kappa shape index (κ3) is 2.93. The number of aryl methyl sites for hydroxylation is 2. The van der Waals surface area contributed by atoms with Gasteiger partial charge in [-0.2, -0.15) is 0 Å². The summed E-state index contributed by atoms with van der Waals surface area (Å²) in [5.41, 5.74) is 9.03. The first-order chi connectivity index (χ1) is 6.24. The molecule has 0 bridgehead atoms. The minimum absolute atomic E-state index is 0.637. The summed E-state index contributed by atoms with van der Waals surface area (Å²) in [6.07, 6.45) is 0.771. The molecule has 0 saturated heterocycles. The maximum atomic E-state index is 5.34. The summed E-state index contributed by atoms with van der Waals surface area (Å²) >= 11 is 0. The molecule has 13 heavy (non-hydrogen) atoms. The van der Waals surface area contributed by atoms with Crippen molar-refractivity contribution < 1.29 is 0 Å². The first-order valence-corrected chi connectivity index (χ1v) is 4.50. The summed E-state index contributed by atoms with van der Waals surface area (Å²) in [5.74, 6) is 6.11. The van der Waals surface area contributed by atoms with Crippen LogP contribution in [0.15, 0.2) is 18.2 Å². The minimum atomic E-state index is 0.637. The smallest absolute Gasteiger partial charge is 0.0248 e. The van der Waals surface area contributed by atoms with Gasteiger partial charge in [0.25, 0.3) is 0 Å². The number of hydrogen-bond acceptors (Lipinski definition) is 1. The molecular formula is C12H15N. The van der Waals surface area contributed by atoms with Crippen LogP contribution in [-0.2, 0) is 0 Å². The van der Waals surface area contributed by atoms with E-state index in [9.17, 15) is 0 Å². The lowest BCUT2D eigenvalue weighted by atomic mass is 10.1. The van der Waals surface area contributed by atoms with E-state index in [1.807, 2.05) is 6.07 Å². The molecule has 1 aromatic rings. The summed E-state index contributed by atoms with van der Waals surface area (Å²) in [6.45, 7) is 4.84. The Bertz CT molecular complexity index is 342. The predicted octanol–water partition coefficient (Wildman–Crippen LogP) is 2.00. The second-order valence-electron chi connectivity index (χ2n) is 3.14. The fraction of sp³-hybridized carbons (Fsp3) is 0.333. The molecule has 1 heteroatoms. The molecule has 0 unspecified atom stereocenters. The highest BCUT2D eigenvalue weighted by Crippen LogP contribution is 2.08. The second-order valence-corrected chi connectivity index (χ2v) is 3.14. The highest BCUT2D eigenvalue weighted by atomic mass is 14.5. The molecule has 0 aliphatic heterocycles. The zero-order valence-electron chi connectivity index (χ0n) is 8.22. The molecule has 0 aliphatic carbocycles. The van der Waals surface area contributed by atoms with Gasteiger partial charge in [-0.25, -0.2) is 0 Å². The quantitative estimate of drug-likeness (QED) is 0.646. The van der Waals surface area contributed by atoms with Gasteiger partial charge < -0.3 is 5.73 Å². The standard InChI is InChI=1S/C12H15N/c1-10-6-7-12(9-11(10)2)5-3-4-8-13/h6-7,9H,4,8,13H2,1-2H3. The fourth-order valence-electron chi connectivity index (χ4n) is 1.06. The van der Waals surface area contributed by atoms with Gasteiger partial charge in [-0.1, -0.05) is 17.9 Å². The van der Waals surface area contributed by atoms with Gasteiger partial charge in [-0.3, -0.25) is 0 Å². The van der Waals surface area contributed by atoms with Gasteiger partial charge in [0.1, 0.15) is 0 Å². The van der Waals surface area contributed by atoms with Crippen molar-refractivity contribution in [2.45, 2.75) is 20.3 Å². The van der Waals surface area contributed by atoms with Crippen LogP contribution in [0, 0.1) is 25.7 Å². The topological polar surface area (TPSA) is 26.0 Å². The average Bonchev–Trinajstić information content (AvgIpc) is 2.12. The number of nitrogens with two attached hydrogens (primary N) is 1. The normalized spacial score (nSPS) is 9.15. The molecular weight excluding hydrogens is 158 g/mol. The van der Waals surface area contributed by atoms with Crippen molar-refractivity contribution >= 4 is 0 Å². The van der Waals surface area contributed by atoms with Crippen molar-refractivity contribution in [2.75, 3.05) is 6.54 Å². The minimum Gasteiger partial charge on any atom is -0.330 e. The van der Waals surface area contributed by atoms with Crippen molar-refractivity contribution in [3.8, 4) is 11.8 Å². The molecule has 0 radical (unpaired) electrons. The van der Waals surface area contributed by atoms with E-state index in [-0.39, 0.29) is 0 Å². The van der Waals surface area contributed by atoms with Gasteiger partial charge >= 0.3 is 0 Å². The Morgan fingerprint density at radius 3 is 2.62 bits per heavy atom. The van der Waals surface area contributed by atoms with Gasteiger partial charge in [0, 0.05) is 18.5 Å². The Balaban J connectivity index is 2.81. The molecule has 1 aromatic carbocycles. The monoisotopic (exact) mass is 173 g/mol. The summed E-state index contributed by atoms with van der Waals surface area (Å²) in [4.78, 5) is 0. The largest absolute Gasteiger partial charge is 0.330 e. The number of benzene rings is 1. The highest BCUT2D eigenvalue weighted by Gasteiger charge is 1.91. The fourth-order valence-corrected chi connectivity index (χ4v) is 1.06. The predicted molar refractivity (Wildman–Crippen MR) is 56.5 cm³/mol. The molecule has 0 aromatic heterocycles. The van der Waals surface area contributed by atoms with Crippen molar-refractivity contribution in [2.24, 2.45) is 5.73 Å². The van der Waals surface area contributed by atoms with Gasteiger partial charge in [-0.05, 0) is 37.1 Å². The van der Waals surface area contributed by atoms with Crippen LogP contribution in [0.4, 0.5) is 0 Å². The van der Waals surface area contributed by atoms with Gasteiger partial charge in [0.2, 0.25) is 0 Å². The zero-order valence-corrected chi connectivity index (χ0v) is 8.22. The zero-order chi connectivity index (χ0) is 9.68. The van der Waals surface area contributed by atoms with E-state index in [1.165, 1.54) is 11.1 Å². The van der Waals surface area contributed by atoms with Crippen LogP contribution in [0.25, 0.3) is 0 Å². The first kappa shape index (κ1) is 9.83. The summed E-state index contributed by atoms with van der Waals surface area (Å²) < 4.78 is 0. The molecule has 1 rings (SSSR count). The van der Waals surface area contributed by atoms with E-state index in [2.05, 4.69) is 37.8 Å². The molecule has 68 valence electrons. The van der Waals surface area contributed by atoms with Crippen LogP contribution in [0.3, 0.4) is 0 Å². The molecule has 0 fully saturated rings. The van der Waals surface area contributed by atoms with Crippen LogP contribution in [-0.4, -0.2) is 6.54 Å². The maximum Gasteiger partial charge on any atom is 0.0248 e. The van der Waals surface area contributed by atoms with E-state index in [1.54, 1.807) is 0 Å². The van der Waals surface area contributed by atoms with E-state index >= 15 is 0 Å². The molecule has 0 amide bonds. The molecule has 0 spiro atoms. The Morgan fingerprint density at radius 2 is 2.00 bits per heavy atom. The molecule has 0 saturated carbocycles. The second kappa shape index (κ2) is 4.69. The van der Waals surface area contributed by atoms with Crippen molar-refractivity contribution in [1.29, 1.82) is 0 Å². The molecule has 0 heterocycles. The number of rotatable bonds is 1. The van der Waals surface area contributed by atoms with Crippen molar-refractivity contribution in [3.05, 3.63) is 34.9 Å². The van der Waals surface area contributed by atoms with Crippen LogP contribution < -0.4 is 5.73 Å². The third-order valence-electron chi connectivity index (χ3n) is 2.01. The molecule has 0 aliphatic rings. The Hall–Kier alpha value is -1.26. The Kier molecular flexibility index (Phi) is 3.54. The summed E-state index contributed by atoms with van der Waals surface area (Å²) in [7, 11) is 0. The maximum absolute atomic E-state index is 5.34. The lowest BCUT2D eigenvalue weighted by molar-refractivity contribution is 1.03. The molecule has 2 N–H and O–H groups in total. The van der Waals surface area contributed by atoms with Gasteiger partial charge in [0.15, 0.2) is 0 Å². The average molecular weight is 173 g/mol. The van der Waals surface area contributed by atoms with E-state index in [0.717, 1.165) is 12.0 Å². The molecule has 1 nitrogen and oxygen atoms in total. The van der Waals surface area contributed by atoms with Crippen LogP contribution in [0.1, 0.15) is 23.1 Å². The van der Waals surface area contributed by atoms with Crippen LogP contribution in [0.5, 0.6) is 0 Å². The van der Waals surface area contributed by atoms with Crippen LogP contribution in [0.2, 0.25) is 0 Å². The lowest BCUT2D eigenvalue weighted by Gasteiger charge is -1.98. The van der Waals surface area contributed by atoms with Crippen LogP contribution >= 0.6 is 0 Å². The lowest BCUT2D eigenvalue weighted by Crippen LogP contribution is -1.95. The Morgan fingerprint density at radius 1 is 1.23 bits per heavy atom. The van der Waals surface area contributed by atoms with Gasteiger partial charge in [-0.15, -0.1) is 0 Å². The highest BCUT2D eigenvalue weighted by molar-refractivity contribution is 5.39. The number of hydrogen-bond donors (Lipinski definition) is 1. The van der Waals surface area contributed by atoms with E-state index < -0.39 is 0 Å². The summed E-state index contributed by atoms with van der Waals surface area (Å²) in [5, 5.41) is 0. The third-order valence-corrected chi connectivity index (χ3v) is 2.01. The Labute approximate surface area is 80.0 Å². The van der Waals surface area contributed by atoms with Gasteiger partial charge in [0.05, 0.1) is 0 Å². The van der Waals surface area contributed by atoms with E-state index in [0.29, 0.717) is 6.54 Å². The molecule has 0 atom stereocenters. The van der Waals surface area contributed by atoms with Crippen molar-refractivity contribution in [3.63, 3.8) is 0 Å². The summed E-state index contributed by atoms with van der Waals surface area (Å²) in [6, 6.07) is 6.26. The van der Waals surface area contributed by atoms with E-state index in [4.69, 9.17) is 5.73 Å².